The lowest BCUT2D eigenvalue weighted by Crippen LogP contribution is -2.40. The molecule has 0 atom stereocenters. The summed E-state index contributed by atoms with van der Waals surface area (Å²) in [6.45, 7) is 4.40. The number of hydrogen-bond donors (Lipinski definition) is 0. The third kappa shape index (κ3) is 4.88. The average Bonchev–Trinajstić information content (AvgIpc) is 3.51. The number of thiazole rings is 1. The van der Waals surface area contributed by atoms with Gasteiger partial charge in [-0.25, -0.2) is 4.98 Å². The molecule has 0 saturated carbocycles. The van der Waals surface area contributed by atoms with Crippen molar-refractivity contribution in [3.05, 3.63) is 75.2 Å². The number of hydrogen-bond acceptors (Lipinski definition) is 7. The van der Waals surface area contributed by atoms with Gasteiger partial charge in [-0.15, -0.1) is 21.5 Å². The van der Waals surface area contributed by atoms with Crippen molar-refractivity contribution in [1.82, 2.24) is 24.6 Å². The monoisotopic (exact) mass is 511 g/mol. The normalized spacial score (nSPS) is 13.9. The zero-order chi connectivity index (χ0) is 23.5. The molecule has 1 amide bonds. The fourth-order valence-corrected chi connectivity index (χ4v) is 5.60. The zero-order valence-electron chi connectivity index (χ0n) is 18.5. The fraction of sp³-hybridized carbons (Fsp3) is 0.250. The van der Waals surface area contributed by atoms with E-state index in [-0.39, 0.29) is 5.91 Å². The molecule has 0 unspecified atom stereocenters. The predicted molar refractivity (Wildman–Crippen MR) is 135 cm³/mol. The summed E-state index contributed by atoms with van der Waals surface area (Å²) in [6.07, 6.45) is 0. The molecule has 1 saturated heterocycles. The van der Waals surface area contributed by atoms with Gasteiger partial charge in [-0.2, -0.15) is 0 Å². The highest BCUT2D eigenvalue weighted by atomic mass is 35.5. The number of carbonyl (C=O) groups excluding carboxylic acids is 1. The van der Waals surface area contributed by atoms with E-state index in [1.54, 1.807) is 4.90 Å². The van der Waals surface area contributed by atoms with Gasteiger partial charge >= 0.3 is 0 Å². The number of morpholine rings is 1. The van der Waals surface area contributed by atoms with Crippen molar-refractivity contribution < 1.29 is 9.53 Å². The van der Waals surface area contributed by atoms with Gasteiger partial charge in [-0.05, 0) is 31.2 Å². The third-order valence-corrected chi connectivity index (χ3v) is 7.74. The van der Waals surface area contributed by atoms with Crippen LogP contribution in [0.25, 0.3) is 17.1 Å². The molecule has 0 N–H and O–H groups in total. The maximum Gasteiger partial charge on any atom is 0.273 e. The molecule has 1 fully saturated rings. The van der Waals surface area contributed by atoms with Crippen molar-refractivity contribution in [3.8, 4) is 17.1 Å². The smallest absolute Gasteiger partial charge is 0.273 e. The van der Waals surface area contributed by atoms with Crippen LogP contribution in [0, 0.1) is 6.92 Å². The molecule has 2 aromatic carbocycles. The summed E-state index contributed by atoms with van der Waals surface area (Å²) in [5.74, 6) is 1.21. The number of aryl methyl sites for hydroxylation is 1. The molecule has 1 aliphatic heterocycles. The number of benzene rings is 2. The van der Waals surface area contributed by atoms with Crippen molar-refractivity contribution in [2.75, 3.05) is 26.3 Å². The van der Waals surface area contributed by atoms with Crippen LogP contribution in [0.1, 0.15) is 21.1 Å². The molecule has 3 heterocycles. The minimum absolute atomic E-state index is 0.0420. The Hall–Kier alpha value is -2.72. The van der Waals surface area contributed by atoms with Gasteiger partial charge in [-0.3, -0.25) is 9.36 Å². The first kappa shape index (κ1) is 23.0. The number of nitrogens with zero attached hydrogens (tertiary/aromatic N) is 5. The van der Waals surface area contributed by atoms with Crippen LogP contribution >= 0.6 is 34.7 Å². The summed E-state index contributed by atoms with van der Waals surface area (Å²) in [6, 6.07) is 15.8. The van der Waals surface area contributed by atoms with Crippen LogP contribution < -0.4 is 0 Å². The molecule has 174 valence electrons. The summed E-state index contributed by atoms with van der Waals surface area (Å²) in [5, 5.41) is 13.0. The highest BCUT2D eigenvalue weighted by Crippen LogP contribution is 2.33. The molecule has 4 aromatic rings. The molecule has 0 radical (unpaired) electrons. The quantitative estimate of drug-likeness (QED) is 0.335. The molecular weight excluding hydrogens is 490 g/mol. The number of rotatable bonds is 6. The van der Waals surface area contributed by atoms with E-state index in [1.165, 1.54) is 28.7 Å². The summed E-state index contributed by atoms with van der Waals surface area (Å²) in [7, 11) is 0. The Morgan fingerprint density at radius 1 is 1.12 bits per heavy atom. The van der Waals surface area contributed by atoms with Crippen LogP contribution in [-0.4, -0.2) is 56.9 Å². The molecule has 2 aromatic heterocycles. The lowest BCUT2D eigenvalue weighted by Gasteiger charge is -2.25. The highest BCUT2D eigenvalue weighted by molar-refractivity contribution is 7.98. The second kappa shape index (κ2) is 10.3. The number of ether oxygens (including phenoxy) is 1. The Bertz CT molecular complexity index is 1300. The molecule has 34 heavy (non-hydrogen) atoms. The molecule has 0 aliphatic carbocycles. The van der Waals surface area contributed by atoms with Crippen LogP contribution in [0.2, 0.25) is 5.02 Å². The van der Waals surface area contributed by atoms with Gasteiger partial charge < -0.3 is 9.64 Å². The minimum atomic E-state index is -0.0420. The van der Waals surface area contributed by atoms with Gasteiger partial charge in [0, 0.05) is 29.7 Å². The average molecular weight is 512 g/mol. The first-order chi connectivity index (χ1) is 16.6. The van der Waals surface area contributed by atoms with Crippen molar-refractivity contribution in [2.24, 2.45) is 0 Å². The molecule has 0 bridgehead atoms. The van der Waals surface area contributed by atoms with E-state index in [1.807, 2.05) is 46.3 Å². The van der Waals surface area contributed by atoms with Gasteiger partial charge in [0.25, 0.3) is 5.91 Å². The van der Waals surface area contributed by atoms with E-state index in [9.17, 15) is 4.79 Å². The minimum Gasteiger partial charge on any atom is -0.378 e. The number of halogens is 1. The second-order valence-electron chi connectivity index (χ2n) is 7.78. The van der Waals surface area contributed by atoms with Crippen LogP contribution in [0.5, 0.6) is 0 Å². The maximum atomic E-state index is 12.7. The lowest BCUT2D eigenvalue weighted by atomic mass is 10.2. The highest BCUT2D eigenvalue weighted by Gasteiger charge is 2.22. The van der Waals surface area contributed by atoms with Crippen molar-refractivity contribution >= 4 is 40.6 Å². The molecule has 7 nitrogen and oxygen atoms in total. The van der Waals surface area contributed by atoms with Gasteiger partial charge in [0.05, 0.1) is 24.0 Å². The first-order valence-corrected chi connectivity index (χ1v) is 13.1. The van der Waals surface area contributed by atoms with E-state index in [0.717, 1.165) is 21.4 Å². The van der Waals surface area contributed by atoms with Crippen LogP contribution in [-0.2, 0) is 10.5 Å². The molecular formula is C24H22ClN5O2S2. The van der Waals surface area contributed by atoms with Crippen LogP contribution in [0.4, 0.5) is 0 Å². The van der Waals surface area contributed by atoms with E-state index >= 15 is 0 Å². The largest absolute Gasteiger partial charge is 0.378 e. The standard InChI is InChI=1S/C24H22ClN5O2S2/c1-16-6-8-17(9-7-16)30-22(18-4-2-3-5-19(18)25)27-28-24(30)34-15-21-26-20(14-33-21)23(31)29-10-12-32-13-11-29/h2-9,14H,10-13,15H2,1H3. The summed E-state index contributed by atoms with van der Waals surface area (Å²) in [5.41, 5.74) is 3.43. The maximum absolute atomic E-state index is 12.7. The Kier molecular flexibility index (Phi) is 6.96. The molecule has 5 rings (SSSR count). The Balaban J connectivity index is 1.40. The number of amides is 1. The van der Waals surface area contributed by atoms with Crippen LogP contribution in [0.3, 0.4) is 0 Å². The number of thioether (sulfide) groups is 1. The van der Waals surface area contributed by atoms with E-state index in [4.69, 9.17) is 16.3 Å². The van der Waals surface area contributed by atoms with Gasteiger partial charge in [0.15, 0.2) is 11.0 Å². The fourth-order valence-electron chi connectivity index (χ4n) is 3.64. The SMILES string of the molecule is Cc1ccc(-n2c(SCc3nc(C(=O)N4CCOCC4)cs3)nnc2-c2ccccc2Cl)cc1. The summed E-state index contributed by atoms with van der Waals surface area (Å²) in [4.78, 5) is 19.1. The molecule has 10 heteroatoms. The Morgan fingerprint density at radius 3 is 2.65 bits per heavy atom. The topological polar surface area (TPSA) is 73.1 Å². The molecule has 1 aliphatic rings. The van der Waals surface area contributed by atoms with E-state index in [0.29, 0.717) is 48.6 Å². The van der Waals surface area contributed by atoms with Crippen molar-refractivity contribution in [2.45, 2.75) is 17.8 Å². The van der Waals surface area contributed by atoms with Crippen molar-refractivity contribution in [1.29, 1.82) is 0 Å². The summed E-state index contributed by atoms with van der Waals surface area (Å²) < 4.78 is 7.35. The van der Waals surface area contributed by atoms with Gasteiger partial charge in [0.1, 0.15) is 10.7 Å². The predicted octanol–water partition coefficient (Wildman–Crippen LogP) is 5.12. The van der Waals surface area contributed by atoms with E-state index < -0.39 is 0 Å². The first-order valence-electron chi connectivity index (χ1n) is 10.8. The number of aromatic nitrogens is 4. The van der Waals surface area contributed by atoms with Gasteiger partial charge in [0.2, 0.25) is 0 Å². The molecule has 0 spiro atoms. The zero-order valence-corrected chi connectivity index (χ0v) is 20.9. The Morgan fingerprint density at radius 2 is 1.88 bits per heavy atom. The summed E-state index contributed by atoms with van der Waals surface area (Å²) >= 11 is 9.49. The Labute approximate surface area is 210 Å². The van der Waals surface area contributed by atoms with E-state index in [2.05, 4.69) is 34.2 Å². The second-order valence-corrected chi connectivity index (χ2v) is 10.1. The van der Waals surface area contributed by atoms with Crippen LogP contribution in [0.15, 0.2) is 59.1 Å². The third-order valence-electron chi connectivity index (χ3n) is 5.43. The van der Waals surface area contributed by atoms with Gasteiger partial charge in [-0.1, -0.05) is 53.2 Å². The number of carbonyl (C=O) groups is 1. The van der Waals surface area contributed by atoms with Crippen molar-refractivity contribution in [3.63, 3.8) is 0 Å². The lowest BCUT2D eigenvalue weighted by molar-refractivity contribution is 0.0299.